The van der Waals surface area contributed by atoms with Crippen molar-refractivity contribution in [3.05, 3.63) is 102 Å². The third kappa shape index (κ3) is 3.54. The van der Waals surface area contributed by atoms with Gasteiger partial charge in [0.2, 0.25) is 0 Å². The molecule has 4 bridgehead atoms. The van der Waals surface area contributed by atoms with Gasteiger partial charge in [-0.1, -0.05) is 64.7 Å². The van der Waals surface area contributed by atoms with Gasteiger partial charge in [-0.2, -0.15) is 0 Å². The Labute approximate surface area is 262 Å². The highest BCUT2D eigenvalue weighted by Gasteiger charge is 2.63. The average molecular weight is 620 g/mol. The molecule has 4 atom stereocenters. The topological polar surface area (TPSA) is 64.7 Å². The van der Waals surface area contributed by atoms with Gasteiger partial charge in [-0.25, -0.2) is 9.36 Å². The molecule has 4 aromatic rings. The smallest absolute Gasteiger partial charge is 0.275 e. The van der Waals surface area contributed by atoms with Crippen LogP contribution in [0, 0.1) is 10.8 Å². The van der Waals surface area contributed by atoms with Gasteiger partial charge < -0.3 is 0 Å². The highest BCUT2D eigenvalue weighted by molar-refractivity contribution is 6.30. The van der Waals surface area contributed by atoms with Crippen LogP contribution < -0.4 is 11.1 Å². The molecule has 1 N–H and O–H groups in total. The maximum atomic E-state index is 13.1. The zero-order chi connectivity index (χ0) is 30.9. The first-order chi connectivity index (χ1) is 20.1. The largest absolute Gasteiger partial charge is 0.294 e. The summed E-state index contributed by atoms with van der Waals surface area (Å²) in [5.41, 5.74) is 6.86. The molecule has 0 radical (unpaired) electrons. The molecule has 4 aliphatic carbocycles. The molecule has 4 aliphatic rings. The molecule has 226 valence electrons. The van der Waals surface area contributed by atoms with Gasteiger partial charge in [-0.15, -0.1) is 0 Å². The fraction of sp³-hybridized carbons (Fsp3) is 0.486. The van der Waals surface area contributed by atoms with Crippen molar-refractivity contribution in [2.45, 2.75) is 89.9 Å². The Balaban J connectivity index is 0.000000140. The Kier molecular flexibility index (Phi) is 6.05. The first-order valence-corrected chi connectivity index (χ1v) is 16.1. The maximum absolute atomic E-state index is 13.1. The van der Waals surface area contributed by atoms with Crippen molar-refractivity contribution in [2.24, 2.45) is 17.9 Å². The fourth-order valence-electron chi connectivity index (χ4n) is 9.32. The van der Waals surface area contributed by atoms with Crippen molar-refractivity contribution in [1.29, 1.82) is 0 Å². The highest BCUT2D eigenvalue weighted by atomic mass is 35.5. The zero-order valence-corrected chi connectivity index (χ0v) is 27.5. The van der Waals surface area contributed by atoms with Gasteiger partial charge in [-0.3, -0.25) is 19.4 Å². The molecule has 2 heterocycles. The van der Waals surface area contributed by atoms with Gasteiger partial charge in [0, 0.05) is 44.7 Å². The highest BCUT2D eigenvalue weighted by Crippen LogP contribution is 2.67. The Bertz CT molecular complexity index is 1890. The normalized spacial score (nSPS) is 28.5. The third-order valence-corrected chi connectivity index (χ3v) is 13.1. The van der Waals surface area contributed by atoms with Crippen LogP contribution in [0.1, 0.15) is 102 Å². The minimum atomic E-state index is 0.0732. The summed E-state index contributed by atoms with van der Waals surface area (Å²) in [5.74, 6) is 0.745. The first-order valence-electron chi connectivity index (χ1n) is 15.3. The van der Waals surface area contributed by atoms with Gasteiger partial charge in [0.1, 0.15) is 0 Å². The van der Waals surface area contributed by atoms with Crippen LogP contribution in [0.2, 0.25) is 10.0 Å². The molecular weight excluding hydrogens is 579 g/mol. The standard InChI is InChI=1S/C18H21ClN2O.C17H19ClN2O/c1-17(2)13-9-10-18(17,3)15-14(13)16(22)21(20(15)4)12-7-5-11(19)6-8-12;1-16(2)12-8-9-17(16,3)14-13(12)15(21)20(19-14)11-6-4-10(18)5-7-11/h5-8,13H,9-10H2,1-4H3;4-7,12,19H,8-9H2,1-3H3/t13-,18+;12-,17+/m11/s1. The number of nitrogens with zero attached hydrogens (tertiary/aromatic N) is 3. The number of aromatic nitrogens is 4. The molecule has 0 spiro atoms. The predicted octanol–water partition coefficient (Wildman–Crippen LogP) is 8.00. The number of hydrogen-bond donors (Lipinski definition) is 1. The lowest BCUT2D eigenvalue weighted by molar-refractivity contribution is 0.218. The van der Waals surface area contributed by atoms with Crippen LogP contribution >= 0.6 is 23.2 Å². The van der Waals surface area contributed by atoms with E-state index in [-0.39, 0.29) is 32.8 Å². The number of benzene rings is 2. The van der Waals surface area contributed by atoms with Crippen molar-refractivity contribution in [3.63, 3.8) is 0 Å². The van der Waals surface area contributed by atoms with Crippen molar-refractivity contribution in [1.82, 2.24) is 19.1 Å². The maximum Gasteiger partial charge on any atom is 0.275 e. The molecule has 2 fully saturated rings. The summed E-state index contributed by atoms with van der Waals surface area (Å²) in [5, 5.41) is 4.75. The number of fused-ring (bicyclic) bond motifs is 10. The Hall–Kier alpha value is -2.96. The summed E-state index contributed by atoms with van der Waals surface area (Å²) < 4.78 is 5.54. The molecule has 0 unspecified atom stereocenters. The second-order valence-corrected chi connectivity index (χ2v) is 15.6. The molecule has 0 amide bonds. The number of aromatic amines is 1. The summed E-state index contributed by atoms with van der Waals surface area (Å²) >= 11 is 11.9. The Morgan fingerprint density at radius 1 is 0.698 bits per heavy atom. The molecule has 0 saturated heterocycles. The van der Waals surface area contributed by atoms with E-state index in [1.54, 1.807) is 9.36 Å². The summed E-state index contributed by atoms with van der Waals surface area (Å²) in [6, 6.07) is 14.9. The van der Waals surface area contributed by atoms with E-state index in [9.17, 15) is 9.59 Å². The number of H-pyrrole nitrogens is 1. The Morgan fingerprint density at radius 3 is 1.72 bits per heavy atom. The van der Waals surface area contributed by atoms with Crippen LogP contribution in [0.15, 0.2) is 58.1 Å². The molecule has 43 heavy (non-hydrogen) atoms. The number of hydrogen-bond acceptors (Lipinski definition) is 2. The van der Waals surface area contributed by atoms with Crippen LogP contribution in [0.4, 0.5) is 0 Å². The van der Waals surface area contributed by atoms with Crippen molar-refractivity contribution in [2.75, 3.05) is 0 Å². The third-order valence-electron chi connectivity index (χ3n) is 12.6. The summed E-state index contributed by atoms with van der Waals surface area (Å²) in [6.45, 7) is 13.8. The van der Waals surface area contributed by atoms with E-state index in [1.165, 1.54) is 5.69 Å². The van der Waals surface area contributed by atoms with Gasteiger partial charge in [0.15, 0.2) is 0 Å². The molecule has 8 heteroatoms. The van der Waals surface area contributed by atoms with Crippen LogP contribution in [0.3, 0.4) is 0 Å². The van der Waals surface area contributed by atoms with E-state index in [4.69, 9.17) is 23.2 Å². The molecule has 0 aliphatic heterocycles. The van der Waals surface area contributed by atoms with Gasteiger partial charge >= 0.3 is 0 Å². The van der Waals surface area contributed by atoms with Crippen molar-refractivity contribution < 1.29 is 0 Å². The fourth-order valence-corrected chi connectivity index (χ4v) is 9.57. The van der Waals surface area contributed by atoms with Gasteiger partial charge in [0.25, 0.3) is 11.1 Å². The number of nitrogens with one attached hydrogen (secondary N) is 1. The number of halogens is 2. The monoisotopic (exact) mass is 618 g/mol. The minimum Gasteiger partial charge on any atom is -0.294 e. The summed E-state index contributed by atoms with van der Waals surface area (Å²) in [4.78, 5) is 26.0. The quantitative estimate of drug-likeness (QED) is 0.247. The second kappa shape index (κ2) is 9.04. The van der Waals surface area contributed by atoms with Gasteiger partial charge in [-0.05, 0) is 96.9 Å². The van der Waals surface area contributed by atoms with Crippen molar-refractivity contribution in [3.8, 4) is 11.4 Å². The Morgan fingerprint density at radius 2 is 1.19 bits per heavy atom. The van der Waals surface area contributed by atoms with E-state index in [0.717, 1.165) is 53.9 Å². The molecule has 2 saturated carbocycles. The van der Waals surface area contributed by atoms with E-state index in [1.807, 2.05) is 55.6 Å². The van der Waals surface area contributed by atoms with Crippen LogP contribution in [0.5, 0.6) is 0 Å². The van der Waals surface area contributed by atoms with E-state index >= 15 is 0 Å². The van der Waals surface area contributed by atoms with Crippen LogP contribution in [-0.2, 0) is 17.9 Å². The summed E-state index contributed by atoms with van der Waals surface area (Å²) in [7, 11) is 2.01. The average Bonchev–Trinajstić information content (AvgIpc) is 3.67. The zero-order valence-electron chi connectivity index (χ0n) is 26.0. The molecule has 8 rings (SSSR count). The lowest BCUT2D eigenvalue weighted by Gasteiger charge is -2.36. The summed E-state index contributed by atoms with van der Waals surface area (Å²) in [6.07, 6.45) is 4.55. The molecular formula is C35H40Cl2N4O2. The number of rotatable bonds is 2. The van der Waals surface area contributed by atoms with E-state index in [2.05, 4.69) is 51.3 Å². The van der Waals surface area contributed by atoms with Gasteiger partial charge in [0.05, 0.1) is 17.1 Å². The first kappa shape index (κ1) is 28.8. The van der Waals surface area contributed by atoms with E-state index < -0.39 is 0 Å². The van der Waals surface area contributed by atoms with Crippen LogP contribution in [0.25, 0.3) is 11.4 Å². The second-order valence-electron chi connectivity index (χ2n) is 14.7. The van der Waals surface area contributed by atoms with E-state index in [0.29, 0.717) is 21.9 Å². The molecule has 2 aromatic carbocycles. The lowest BCUT2D eigenvalue weighted by Crippen LogP contribution is -2.35. The van der Waals surface area contributed by atoms with Crippen molar-refractivity contribution >= 4 is 23.2 Å². The molecule has 6 nitrogen and oxygen atoms in total. The SMILES string of the molecule is CC1(C)[C@@H]2CC[C@@]1(C)c1[nH]n(-c3ccc(Cl)cc3)c(=O)c12.Cn1c2c(c(=O)n1-c1ccc(Cl)cc1)[C@H]1CC[C@]2(C)C1(C)C. The minimum absolute atomic E-state index is 0.0732. The lowest BCUT2D eigenvalue weighted by atomic mass is 9.70. The molecule has 2 aromatic heterocycles. The predicted molar refractivity (Wildman–Crippen MR) is 174 cm³/mol. The van der Waals surface area contributed by atoms with Crippen LogP contribution in [-0.4, -0.2) is 19.1 Å².